The van der Waals surface area contributed by atoms with Crippen molar-refractivity contribution in [2.75, 3.05) is 5.75 Å². The smallest absolute Gasteiger partial charge is 0.136 e. The summed E-state index contributed by atoms with van der Waals surface area (Å²) in [7, 11) is 0. The first-order valence-corrected chi connectivity index (χ1v) is 7.33. The molecule has 0 fully saturated rings. The topological polar surface area (TPSA) is 20.2 Å². The van der Waals surface area contributed by atoms with Crippen LogP contribution in [0.15, 0.2) is 53.4 Å². The van der Waals surface area contributed by atoms with Crippen molar-refractivity contribution >= 4 is 11.8 Å². The van der Waals surface area contributed by atoms with Gasteiger partial charge >= 0.3 is 0 Å². The van der Waals surface area contributed by atoms with Gasteiger partial charge in [0.2, 0.25) is 0 Å². The zero-order chi connectivity index (χ0) is 13.7. The van der Waals surface area contributed by atoms with Crippen molar-refractivity contribution in [2.24, 2.45) is 0 Å². The van der Waals surface area contributed by atoms with Crippen molar-refractivity contribution in [3.8, 4) is 0 Å². The molecule has 0 bridgehead atoms. The molecule has 0 aliphatic carbocycles. The Bertz CT molecular complexity index is 542. The molecule has 0 saturated heterocycles. The number of aliphatic hydroxyl groups is 1. The number of aliphatic hydroxyl groups excluding tert-OH is 1. The molecule has 2 aromatic rings. The highest BCUT2D eigenvalue weighted by Crippen LogP contribution is 2.27. The molecule has 0 heterocycles. The molecule has 1 N–H and O–H groups in total. The third kappa shape index (κ3) is 3.82. The van der Waals surface area contributed by atoms with Gasteiger partial charge in [0.1, 0.15) is 5.82 Å². The lowest BCUT2D eigenvalue weighted by atomic mass is 10.1. The van der Waals surface area contributed by atoms with Crippen LogP contribution in [-0.4, -0.2) is 10.9 Å². The van der Waals surface area contributed by atoms with Crippen LogP contribution in [0.2, 0.25) is 0 Å². The molecule has 1 atom stereocenters. The highest BCUT2D eigenvalue weighted by molar-refractivity contribution is 7.99. The van der Waals surface area contributed by atoms with Crippen LogP contribution in [0, 0.1) is 5.82 Å². The summed E-state index contributed by atoms with van der Waals surface area (Å²) in [5.74, 6) is 0.218. The zero-order valence-electron chi connectivity index (χ0n) is 10.8. The summed E-state index contributed by atoms with van der Waals surface area (Å²) in [6.07, 6.45) is 0.372. The number of halogens is 1. The first-order valence-electron chi connectivity index (χ1n) is 6.35. The average Bonchev–Trinajstić information content (AvgIpc) is 2.46. The van der Waals surface area contributed by atoms with Crippen molar-refractivity contribution in [3.05, 3.63) is 65.5 Å². The van der Waals surface area contributed by atoms with E-state index >= 15 is 0 Å². The van der Waals surface area contributed by atoms with E-state index in [0.29, 0.717) is 10.6 Å². The minimum absolute atomic E-state index is 0.234. The van der Waals surface area contributed by atoms with Gasteiger partial charge in [0.25, 0.3) is 0 Å². The molecule has 0 spiro atoms. The highest BCUT2D eigenvalue weighted by Gasteiger charge is 2.10. The lowest BCUT2D eigenvalue weighted by Crippen LogP contribution is -2.01. The molecular formula is C16H17FOS. The van der Waals surface area contributed by atoms with E-state index in [1.807, 2.05) is 24.3 Å². The van der Waals surface area contributed by atoms with Crippen LogP contribution in [0.25, 0.3) is 0 Å². The first-order chi connectivity index (χ1) is 9.20. The van der Waals surface area contributed by atoms with Gasteiger partial charge in [-0.05, 0) is 29.7 Å². The summed E-state index contributed by atoms with van der Waals surface area (Å²) >= 11 is 1.34. The Kier molecular flexibility index (Phi) is 5.00. The van der Waals surface area contributed by atoms with E-state index < -0.39 is 6.10 Å². The third-order valence-corrected chi connectivity index (χ3v) is 4.10. The number of benzene rings is 2. The molecule has 0 aliphatic heterocycles. The summed E-state index contributed by atoms with van der Waals surface area (Å²) in [6.45, 7) is 2.08. The third-order valence-electron chi connectivity index (χ3n) is 2.98. The maximum absolute atomic E-state index is 13.5. The van der Waals surface area contributed by atoms with Crippen LogP contribution in [0.1, 0.15) is 24.2 Å². The second kappa shape index (κ2) is 6.73. The van der Waals surface area contributed by atoms with E-state index in [2.05, 4.69) is 6.92 Å². The van der Waals surface area contributed by atoms with Crippen molar-refractivity contribution in [1.82, 2.24) is 0 Å². The summed E-state index contributed by atoms with van der Waals surface area (Å²) < 4.78 is 13.5. The summed E-state index contributed by atoms with van der Waals surface area (Å²) in [4.78, 5) is 0.577. The summed E-state index contributed by atoms with van der Waals surface area (Å²) in [6, 6.07) is 14.5. The molecule has 0 aliphatic rings. The molecule has 100 valence electrons. The van der Waals surface area contributed by atoms with Crippen LogP contribution in [0.3, 0.4) is 0 Å². The van der Waals surface area contributed by atoms with E-state index in [9.17, 15) is 9.50 Å². The Morgan fingerprint density at radius 2 is 1.95 bits per heavy atom. The largest absolute Gasteiger partial charge is 0.388 e. The van der Waals surface area contributed by atoms with E-state index in [0.717, 1.165) is 12.0 Å². The lowest BCUT2D eigenvalue weighted by Gasteiger charge is -2.12. The maximum atomic E-state index is 13.5. The molecule has 1 unspecified atom stereocenters. The predicted molar refractivity (Wildman–Crippen MR) is 77.9 cm³/mol. The minimum Gasteiger partial charge on any atom is -0.388 e. The molecule has 2 rings (SSSR count). The Morgan fingerprint density at radius 1 is 1.16 bits per heavy atom. The van der Waals surface area contributed by atoms with Crippen molar-refractivity contribution < 1.29 is 9.50 Å². The number of thioether (sulfide) groups is 1. The SMILES string of the molecule is CCc1cccc(C(O)CSc2ccccc2F)c1. The fourth-order valence-electron chi connectivity index (χ4n) is 1.85. The monoisotopic (exact) mass is 276 g/mol. The van der Waals surface area contributed by atoms with Crippen molar-refractivity contribution in [3.63, 3.8) is 0 Å². The number of hydrogen-bond acceptors (Lipinski definition) is 2. The molecule has 19 heavy (non-hydrogen) atoms. The molecule has 2 aromatic carbocycles. The van der Waals surface area contributed by atoms with Gasteiger partial charge < -0.3 is 5.11 Å². The average molecular weight is 276 g/mol. The van der Waals surface area contributed by atoms with E-state index in [4.69, 9.17) is 0 Å². The molecule has 0 amide bonds. The van der Waals surface area contributed by atoms with E-state index in [1.54, 1.807) is 18.2 Å². The zero-order valence-corrected chi connectivity index (χ0v) is 11.7. The molecule has 0 saturated carbocycles. The van der Waals surface area contributed by atoms with Crippen molar-refractivity contribution in [1.29, 1.82) is 0 Å². The number of hydrogen-bond donors (Lipinski definition) is 1. The van der Waals surface area contributed by atoms with Gasteiger partial charge in [-0.15, -0.1) is 11.8 Å². The molecule has 1 nitrogen and oxygen atoms in total. The molecule has 0 aromatic heterocycles. The van der Waals surface area contributed by atoms with Crippen LogP contribution < -0.4 is 0 Å². The quantitative estimate of drug-likeness (QED) is 0.825. The molecule has 3 heteroatoms. The van der Waals surface area contributed by atoms with Crippen molar-refractivity contribution in [2.45, 2.75) is 24.3 Å². The highest BCUT2D eigenvalue weighted by atomic mass is 32.2. The second-order valence-electron chi connectivity index (χ2n) is 4.36. The van der Waals surface area contributed by atoms with Gasteiger partial charge in [0.15, 0.2) is 0 Å². The molecule has 0 radical (unpaired) electrons. The van der Waals surface area contributed by atoms with Gasteiger partial charge in [-0.2, -0.15) is 0 Å². The summed E-state index contributed by atoms with van der Waals surface area (Å²) in [5.41, 5.74) is 2.09. The second-order valence-corrected chi connectivity index (χ2v) is 5.42. The fraction of sp³-hybridized carbons (Fsp3) is 0.250. The van der Waals surface area contributed by atoms with Crippen LogP contribution >= 0.6 is 11.8 Å². The number of aryl methyl sites for hydroxylation is 1. The maximum Gasteiger partial charge on any atom is 0.136 e. The molecular weight excluding hydrogens is 259 g/mol. The predicted octanol–water partition coefficient (Wildman–Crippen LogP) is 4.21. The van der Waals surface area contributed by atoms with Crippen LogP contribution in [0.5, 0.6) is 0 Å². The standard InChI is InChI=1S/C16H17FOS/c1-2-12-6-5-7-13(10-12)15(18)11-19-16-9-4-3-8-14(16)17/h3-10,15,18H,2,11H2,1H3. The van der Waals surface area contributed by atoms with Gasteiger partial charge in [0.05, 0.1) is 6.10 Å². The Morgan fingerprint density at radius 3 is 2.68 bits per heavy atom. The Labute approximate surface area is 117 Å². The van der Waals surface area contributed by atoms with Gasteiger partial charge in [-0.3, -0.25) is 0 Å². The van der Waals surface area contributed by atoms with E-state index in [1.165, 1.54) is 23.4 Å². The van der Waals surface area contributed by atoms with Crippen LogP contribution in [-0.2, 0) is 6.42 Å². The van der Waals surface area contributed by atoms with Crippen LogP contribution in [0.4, 0.5) is 4.39 Å². The van der Waals surface area contributed by atoms with Gasteiger partial charge in [-0.1, -0.05) is 43.3 Å². The summed E-state index contributed by atoms with van der Waals surface area (Å²) in [5, 5.41) is 10.1. The fourth-order valence-corrected chi connectivity index (χ4v) is 2.76. The Balaban J connectivity index is 2.01. The normalized spacial score (nSPS) is 12.4. The first kappa shape index (κ1) is 14.1. The Hall–Kier alpha value is -1.32. The van der Waals surface area contributed by atoms with E-state index in [-0.39, 0.29) is 5.82 Å². The minimum atomic E-state index is -0.573. The van der Waals surface area contributed by atoms with Gasteiger partial charge in [-0.25, -0.2) is 4.39 Å². The number of rotatable bonds is 5. The lowest BCUT2D eigenvalue weighted by molar-refractivity contribution is 0.204. The van der Waals surface area contributed by atoms with Gasteiger partial charge in [0, 0.05) is 10.6 Å².